The van der Waals surface area contributed by atoms with Gasteiger partial charge in [-0.1, -0.05) is 0 Å². The topological polar surface area (TPSA) is 84.0 Å². The van der Waals surface area contributed by atoms with Crippen molar-refractivity contribution < 1.29 is 14.3 Å². The van der Waals surface area contributed by atoms with E-state index in [1.165, 1.54) is 0 Å². The van der Waals surface area contributed by atoms with E-state index >= 15 is 0 Å². The van der Waals surface area contributed by atoms with Crippen LogP contribution < -0.4 is 16.0 Å². The predicted molar refractivity (Wildman–Crippen MR) is 91.6 cm³/mol. The van der Waals surface area contributed by atoms with E-state index in [-0.39, 0.29) is 11.9 Å². The minimum Gasteiger partial charge on any atom is -0.381 e. The maximum atomic E-state index is 11.5. The lowest BCUT2D eigenvalue weighted by Gasteiger charge is -2.13. The molecule has 1 amide bonds. The first-order valence-corrected chi connectivity index (χ1v) is 8.51. The number of aliphatic imine (C=N–C) groups is 1. The van der Waals surface area contributed by atoms with Gasteiger partial charge in [-0.3, -0.25) is 9.79 Å². The van der Waals surface area contributed by atoms with Gasteiger partial charge in [0.2, 0.25) is 5.91 Å². The first kappa shape index (κ1) is 19.7. The molecular weight excluding hydrogens is 296 g/mol. The average Bonchev–Trinajstić information content (AvgIpc) is 3.01. The molecule has 0 aromatic carbocycles. The van der Waals surface area contributed by atoms with Crippen molar-refractivity contribution in [2.24, 2.45) is 10.9 Å². The van der Waals surface area contributed by atoms with E-state index in [1.807, 2.05) is 13.8 Å². The van der Waals surface area contributed by atoms with Crippen molar-refractivity contribution in [3.05, 3.63) is 0 Å². The van der Waals surface area contributed by atoms with Crippen LogP contribution in [0.1, 0.15) is 33.1 Å². The van der Waals surface area contributed by atoms with E-state index in [0.29, 0.717) is 24.8 Å². The summed E-state index contributed by atoms with van der Waals surface area (Å²) in [6.45, 7) is 8.48. The first-order valence-electron chi connectivity index (χ1n) is 8.51. The summed E-state index contributed by atoms with van der Waals surface area (Å²) < 4.78 is 11.0. The van der Waals surface area contributed by atoms with Crippen molar-refractivity contribution in [2.45, 2.75) is 39.2 Å². The molecule has 0 aromatic heterocycles. The molecule has 0 radical (unpaired) electrons. The standard InChI is InChI=1S/C16H32N4O3/c1-13(2)20-15(21)5-8-19-16(17-3)18-7-4-9-22-11-14-6-10-23-12-14/h13-14H,4-12H2,1-3H3,(H,20,21)(H2,17,18,19). The Hall–Kier alpha value is -1.34. The van der Waals surface area contributed by atoms with Gasteiger partial charge in [0.15, 0.2) is 5.96 Å². The zero-order valence-electron chi connectivity index (χ0n) is 14.7. The van der Waals surface area contributed by atoms with E-state index in [4.69, 9.17) is 9.47 Å². The molecule has 7 heteroatoms. The maximum Gasteiger partial charge on any atom is 0.221 e. The highest BCUT2D eigenvalue weighted by Gasteiger charge is 2.15. The van der Waals surface area contributed by atoms with Crippen molar-refractivity contribution >= 4 is 11.9 Å². The third-order valence-electron chi connectivity index (χ3n) is 3.45. The van der Waals surface area contributed by atoms with Crippen LogP contribution in [-0.2, 0) is 14.3 Å². The van der Waals surface area contributed by atoms with Gasteiger partial charge in [0.1, 0.15) is 0 Å². The number of carbonyl (C=O) groups is 1. The zero-order valence-corrected chi connectivity index (χ0v) is 14.7. The molecule has 3 N–H and O–H groups in total. The third kappa shape index (κ3) is 10.1. The van der Waals surface area contributed by atoms with Gasteiger partial charge in [-0.2, -0.15) is 0 Å². The molecule has 0 aliphatic carbocycles. The summed E-state index contributed by atoms with van der Waals surface area (Å²) in [5.74, 6) is 1.33. The molecule has 1 rings (SSSR count). The summed E-state index contributed by atoms with van der Waals surface area (Å²) in [6, 6.07) is 0.177. The molecule has 1 aliphatic heterocycles. The Morgan fingerprint density at radius 2 is 2.13 bits per heavy atom. The van der Waals surface area contributed by atoms with Crippen LogP contribution in [0.4, 0.5) is 0 Å². The molecule has 23 heavy (non-hydrogen) atoms. The Labute approximate surface area is 139 Å². The molecule has 134 valence electrons. The summed E-state index contributed by atoms with van der Waals surface area (Å²) in [5, 5.41) is 9.20. The van der Waals surface area contributed by atoms with Crippen LogP contribution in [0.5, 0.6) is 0 Å². The lowest BCUT2D eigenvalue weighted by Crippen LogP contribution is -2.40. The quantitative estimate of drug-likeness (QED) is 0.309. The number of nitrogens with zero attached hydrogens (tertiary/aromatic N) is 1. The fraction of sp³-hybridized carbons (Fsp3) is 0.875. The second-order valence-corrected chi connectivity index (χ2v) is 6.06. The largest absolute Gasteiger partial charge is 0.381 e. The summed E-state index contributed by atoms with van der Waals surface area (Å²) in [7, 11) is 1.72. The molecule has 1 heterocycles. The Balaban J connectivity index is 1.97. The van der Waals surface area contributed by atoms with Gasteiger partial charge in [0.25, 0.3) is 0 Å². The maximum absolute atomic E-state index is 11.5. The van der Waals surface area contributed by atoms with Crippen molar-refractivity contribution in [3.63, 3.8) is 0 Å². The van der Waals surface area contributed by atoms with Gasteiger partial charge in [-0.05, 0) is 26.7 Å². The highest BCUT2D eigenvalue weighted by atomic mass is 16.5. The van der Waals surface area contributed by atoms with Crippen molar-refractivity contribution in [2.75, 3.05) is 46.6 Å². The number of hydrogen-bond donors (Lipinski definition) is 3. The minimum absolute atomic E-state index is 0.0484. The fourth-order valence-corrected chi connectivity index (χ4v) is 2.25. The van der Waals surface area contributed by atoms with Crippen LogP contribution in [-0.4, -0.2) is 64.5 Å². The molecule has 0 aromatic rings. The van der Waals surface area contributed by atoms with Crippen LogP contribution in [0.25, 0.3) is 0 Å². The van der Waals surface area contributed by atoms with Gasteiger partial charge in [0, 0.05) is 51.7 Å². The van der Waals surface area contributed by atoms with Gasteiger partial charge in [0.05, 0.1) is 13.2 Å². The smallest absolute Gasteiger partial charge is 0.221 e. The summed E-state index contributed by atoms with van der Waals surface area (Å²) in [5.41, 5.74) is 0. The Morgan fingerprint density at radius 3 is 2.78 bits per heavy atom. The highest BCUT2D eigenvalue weighted by molar-refractivity contribution is 5.81. The van der Waals surface area contributed by atoms with E-state index < -0.39 is 0 Å². The van der Waals surface area contributed by atoms with Crippen LogP contribution in [0.3, 0.4) is 0 Å². The first-order chi connectivity index (χ1) is 11.1. The molecule has 1 atom stereocenters. The average molecular weight is 328 g/mol. The van der Waals surface area contributed by atoms with E-state index in [0.717, 1.165) is 45.8 Å². The van der Waals surface area contributed by atoms with E-state index in [1.54, 1.807) is 7.05 Å². The zero-order chi connectivity index (χ0) is 16.9. The van der Waals surface area contributed by atoms with Gasteiger partial charge >= 0.3 is 0 Å². The summed E-state index contributed by atoms with van der Waals surface area (Å²) in [6.07, 6.45) is 2.47. The normalized spacial score (nSPS) is 18.3. The lowest BCUT2D eigenvalue weighted by molar-refractivity contribution is -0.121. The summed E-state index contributed by atoms with van der Waals surface area (Å²) >= 11 is 0. The summed E-state index contributed by atoms with van der Waals surface area (Å²) in [4.78, 5) is 15.7. The molecule has 7 nitrogen and oxygen atoms in total. The molecule has 1 fully saturated rings. The van der Waals surface area contributed by atoms with Crippen molar-refractivity contribution in [3.8, 4) is 0 Å². The van der Waals surface area contributed by atoms with Gasteiger partial charge in [-0.25, -0.2) is 0 Å². The van der Waals surface area contributed by atoms with E-state index in [2.05, 4.69) is 20.9 Å². The molecular formula is C16H32N4O3. The molecule has 0 spiro atoms. The highest BCUT2D eigenvalue weighted by Crippen LogP contribution is 2.12. The lowest BCUT2D eigenvalue weighted by atomic mass is 10.1. The van der Waals surface area contributed by atoms with Crippen LogP contribution in [0, 0.1) is 5.92 Å². The number of nitrogens with one attached hydrogen (secondary N) is 3. The number of amides is 1. The second-order valence-electron chi connectivity index (χ2n) is 6.06. The molecule has 1 unspecified atom stereocenters. The molecule has 0 saturated carbocycles. The molecule has 1 aliphatic rings. The monoisotopic (exact) mass is 328 g/mol. The molecule has 1 saturated heterocycles. The Kier molecular flexibility index (Phi) is 10.4. The van der Waals surface area contributed by atoms with Crippen LogP contribution >= 0.6 is 0 Å². The number of carbonyl (C=O) groups excluding carboxylic acids is 1. The van der Waals surface area contributed by atoms with Crippen molar-refractivity contribution in [1.82, 2.24) is 16.0 Å². The van der Waals surface area contributed by atoms with Gasteiger partial charge in [-0.15, -0.1) is 0 Å². The number of hydrogen-bond acceptors (Lipinski definition) is 4. The minimum atomic E-state index is 0.0484. The number of rotatable bonds is 10. The van der Waals surface area contributed by atoms with E-state index in [9.17, 15) is 4.79 Å². The third-order valence-corrected chi connectivity index (χ3v) is 3.45. The fourth-order valence-electron chi connectivity index (χ4n) is 2.25. The number of guanidine groups is 1. The SMILES string of the molecule is CN=C(NCCCOCC1CCOC1)NCCC(=O)NC(C)C. The van der Waals surface area contributed by atoms with Crippen molar-refractivity contribution in [1.29, 1.82) is 0 Å². The van der Waals surface area contributed by atoms with Crippen LogP contribution in [0.2, 0.25) is 0 Å². The second kappa shape index (κ2) is 12.1. The van der Waals surface area contributed by atoms with Gasteiger partial charge < -0.3 is 25.4 Å². The number of ether oxygens (including phenoxy) is 2. The predicted octanol–water partition coefficient (Wildman–Crippen LogP) is 0.509. The van der Waals surface area contributed by atoms with Crippen LogP contribution in [0.15, 0.2) is 4.99 Å². The Bertz CT molecular complexity index is 355. The Morgan fingerprint density at radius 1 is 1.35 bits per heavy atom. The molecule has 0 bridgehead atoms.